The first-order chi connectivity index (χ1) is 8.69. The number of nitrogens with zero attached hydrogens (tertiary/aromatic N) is 1. The van der Waals surface area contributed by atoms with Crippen LogP contribution in [0.15, 0.2) is 11.4 Å². The number of hydrogen-bond donors (Lipinski definition) is 1. The van der Waals surface area contributed by atoms with Crippen molar-refractivity contribution in [3.05, 3.63) is 21.9 Å². The summed E-state index contributed by atoms with van der Waals surface area (Å²) in [7, 11) is 0. The molecule has 2 N–H and O–H groups in total. The minimum Gasteiger partial charge on any atom is -0.333 e. The number of carbonyl (C=O) groups is 1. The van der Waals surface area contributed by atoms with Crippen LogP contribution in [0, 0.1) is 5.92 Å². The Morgan fingerprint density at radius 2 is 2.22 bits per heavy atom. The molecule has 0 spiro atoms. The minimum atomic E-state index is -0.513. The van der Waals surface area contributed by atoms with Gasteiger partial charge in [0.25, 0.3) is 0 Å². The van der Waals surface area contributed by atoms with E-state index in [1.165, 1.54) is 23.3 Å². The lowest BCUT2D eigenvalue weighted by Crippen LogP contribution is -2.49. The van der Waals surface area contributed by atoms with E-state index in [4.69, 9.17) is 5.73 Å². The fourth-order valence-electron chi connectivity index (χ4n) is 3.13. The number of carbonyl (C=O) groups excluding carboxylic acids is 1. The molecule has 1 atom stereocenters. The number of rotatable bonds is 2. The quantitative estimate of drug-likeness (QED) is 0.887. The van der Waals surface area contributed by atoms with Gasteiger partial charge in [-0.1, -0.05) is 0 Å². The molecule has 4 heteroatoms. The lowest BCUT2D eigenvalue weighted by Gasteiger charge is -2.37. The fraction of sp³-hybridized carbons (Fsp3) is 0.643. The Morgan fingerprint density at radius 1 is 1.44 bits per heavy atom. The summed E-state index contributed by atoms with van der Waals surface area (Å²) in [4.78, 5) is 16.1. The highest BCUT2D eigenvalue weighted by Crippen LogP contribution is 2.50. The molecular weight excluding hydrogens is 244 g/mol. The van der Waals surface area contributed by atoms with Crippen molar-refractivity contribution in [1.29, 1.82) is 0 Å². The Hall–Kier alpha value is -0.870. The van der Waals surface area contributed by atoms with Crippen molar-refractivity contribution in [2.24, 2.45) is 11.7 Å². The maximum Gasteiger partial charge on any atom is 0.243 e. The zero-order valence-electron chi connectivity index (χ0n) is 10.4. The maximum absolute atomic E-state index is 12.6. The summed E-state index contributed by atoms with van der Waals surface area (Å²) < 4.78 is 0. The third-order valence-corrected chi connectivity index (χ3v) is 5.55. The van der Waals surface area contributed by atoms with Gasteiger partial charge in [-0.05, 0) is 55.0 Å². The van der Waals surface area contributed by atoms with Gasteiger partial charge in [-0.15, -0.1) is 11.3 Å². The van der Waals surface area contributed by atoms with Crippen molar-refractivity contribution in [2.75, 3.05) is 6.54 Å². The van der Waals surface area contributed by atoms with Crippen LogP contribution < -0.4 is 5.73 Å². The van der Waals surface area contributed by atoms with Gasteiger partial charge in [0.1, 0.15) is 0 Å². The van der Waals surface area contributed by atoms with E-state index < -0.39 is 5.54 Å². The lowest BCUT2D eigenvalue weighted by molar-refractivity contribution is -0.137. The van der Waals surface area contributed by atoms with Crippen LogP contribution in [0.5, 0.6) is 0 Å². The lowest BCUT2D eigenvalue weighted by atomic mass is 9.95. The third kappa shape index (κ3) is 1.55. The number of fused-ring (bicyclic) bond motifs is 1. The molecule has 1 amide bonds. The average molecular weight is 262 g/mol. The zero-order valence-corrected chi connectivity index (χ0v) is 11.2. The predicted octanol–water partition coefficient (Wildman–Crippen LogP) is 2.08. The summed E-state index contributed by atoms with van der Waals surface area (Å²) in [5.41, 5.74) is 7.01. The summed E-state index contributed by atoms with van der Waals surface area (Å²) in [6.45, 7) is 0.868. The van der Waals surface area contributed by atoms with Crippen LogP contribution >= 0.6 is 11.3 Å². The molecule has 3 nitrogen and oxygen atoms in total. The molecule has 1 aliphatic heterocycles. The van der Waals surface area contributed by atoms with Crippen LogP contribution in [0.2, 0.25) is 0 Å². The van der Waals surface area contributed by atoms with E-state index in [0.29, 0.717) is 12.0 Å². The van der Waals surface area contributed by atoms with Crippen molar-refractivity contribution in [2.45, 2.75) is 43.7 Å². The summed E-state index contributed by atoms with van der Waals surface area (Å²) in [5, 5.41) is 2.17. The van der Waals surface area contributed by atoms with Gasteiger partial charge < -0.3 is 10.6 Å². The van der Waals surface area contributed by atoms with E-state index in [-0.39, 0.29) is 5.91 Å². The summed E-state index contributed by atoms with van der Waals surface area (Å²) in [6, 6.07) is 2.55. The van der Waals surface area contributed by atoms with Gasteiger partial charge in [0, 0.05) is 11.4 Å². The van der Waals surface area contributed by atoms with Gasteiger partial charge in [-0.3, -0.25) is 4.79 Å². The smallest absolute Gasteiger partial charge is 0.243 e. The number of thiophene rings is 1. The first-order valence-electron chi connectivity index (χ1n) is 6.85. The summed E-state index contributed by atoms with van der Waals surface area (Å²) >= 11 is 1.84. The molecule has 2 heterocycles. The monoisotopic (exact) mass is 262 g/mol. The normalized spacial score (nSPS) is 28.9. The largest absolute Gasteiger partial charge is 0.333 e. The first-order valence-corrected chi connectivity index (χ1v) is 7.73. The van der Waals surface area contributed by atoms with Crippen LogP contribution in [0.4, 0.5) is 0 Å². The fourth-order valence-corrected chi connectivity index (χ4v) is 4.04. The molecule has 1 unspecified atom stereocenters. The number of hydrogen-bond acceptors (Lipinski definition) is 3. The van der Waals surface area contributed by atoms with Gasteiger partial charge in [0.15, 0.2) is 0 Å². The molecule has 0 radical (unpaired) electrons. The molecule has 2 fully saturated rings. The summed E-state index contributed by atoms with van der Waals surface area (Å²) in [6.07, 6.45) is 5.28. The second-order valence-corrected chi connectivity index (χ2v) is 6.99. The summed E-state index contributed by atoms with van der Waals surface area (Å²) in [5.74, 6) is 0.890. The molecule has 2 saturated carbocycles. The van der Waals surface area contributed by atoms with Crippen LogP contribution in [-0.2, 0) is 11.2 Å². The van der Waals surface area contributed by atoms with Crippen molar-refractivity contribution in [3.8, 4) is 0 Å². The Kier molecular flexibility index (Phi) is 2.19. The second-order valence-electron chi connectivity index (χ2n) is 5.99. The van der Waals surface area contributed by atoms with Crippen LogP contribution in [0.25, 0.3) is 0 Å². The number of amides is 1. The van der Waals surface area contributed by atoms with E-state index in [2.05, 4.69) is 16.3 Å². The highest BCUT2D eigenvalue weighted by Gasteiger charge is 2.52. The molecule has 0 saturated heterocycles. The Balaban J connectivity index is 1.69. The molecule has 96 valence electrons. The van der Waals surface area contributed by atoms with Gasteiger partial charge in [0.2, 0.25) is 5.91 Å². The molecule has 0 bridgehead atoms. The van der Waals surface area contributed by atoms with E-state index in [9.17, 15) is 4.79 Å². The molecule has 3 aliphatic rings. The Labute approximate surface area is 111 Å². The Bertz CT molecular complexity index is 502. The third-order valence-electron chi connectivity index (χ3n) is 4.56. The van der Waals surface area contributed by atoms with Gasteiger partial charge >= 0.3 is 0 Å². The molecule has 0 aromatic carbocycles. The molecule has 2 aliphatic carbocycles. The van der Waals surface area contributed by atoms with E-state index in [0.717, 1.165) is 25.8 Å². The molecular formula is C14H18N2OS. The highest BCUT2D eigenvalue weighted by molar-refractivity contribution is 7.10. The van der Waals surface area contributed by atoms with Gasteiger partial charge in [-0.25, -0.2) is 0 Å². The molecule has 18 heavy (non-hydrogen) atoms. The number of nitrogens with two attached hydrogens (primary N) is 1. The zero-order chi connectivity index (χ0) is 12.3. The minimum absolute atomic E-state index is 0.205. The van der Waals surface area contributed by atoms with Gasteiger partial charge in [0.05, 0.1) is 11.6 Å². The second kappa shape index (κ2) is 3.58. The highest BCUT2D eigenvalue weighted by atomic mass is 32.1. The topological polar surface area (TPSA) is 46.3 Å². The van der Waals surface area contributed by atoms with Gasteiger partial charge in [-0.2, -0.15) is 0 Å². The van der Waals surface area contributed by atoms with Crippen molar-refractivity contribution >= 4 is 17.2 Å². The van der Waals surface area contributed by atoms with Crippen molar-refractivity contribution in [1.82, 2.24) is 4.90 Å². The Morgan fingerprint density at radius 3 is 2.89 bits per heavy atom. The standard InChI is InChI=1S/C14H18N2OS/c15-14(5-6-14)13(17)16-7-3-11-10(4-8-18-11)12(16)9-1-2-9/h4,8-9,12H,1-3,5-7,15H2. The van der Waals surface area contributed by atoms with Crippen molar-refractivity contribution in [3.63, 3.8) is 0 Å². The molecule has 1 aromatic heterocycles. The van der Waals surface area contributed by atoms with E-state index in [1.54, 1.807) is 0 Å². The maximum atomic E-state index is 12.6. The van der Waals surface area contributed by atoms with E-state index >= 15 is 0 Å². The SMILES string of the molecule is NC1(C(=O)N2CCc3sccc3C2C2CC2)CC1. The van der Waals surface area contributed by atoms with Crippen LogP contribution in [0.1, 0.15) is 42.2 Å². The van der Waals surface area contributed by atoms with E-state index in [1.807, 2.05) is 11.3 Å². The molecule has 4 rings (SSSR count). The molecule has 1 aromatic rings. The van der Waals surface area contributed by atoms with Crippen LogP contribution in [0.3, 0.4) is 0 Å². The van der Waals surface area contributed by atoms with Crippen molar-refractivity contribution < 1.29 is 4.79 Å². The average Bonchev–Trinajstić information content (AvgIpc) is 3.28. The van der Waals surface area contributed by atoms with Crippen LogP contribution in [-0.4, -0.2) is 22.9 Å². The first kappa shape index (κ1) is 11.0. The predicted molar refractivity (Wildman–Crippen MR) is 71.4 cm³/mol.